The summed E-state index contributed by atoms with van der Waals surface area (Å²) < 4.78 is 15.1. The second-order valence-electron chi connectivity index (χ2n) is 5.40. The van der Waals surface area contributed by atoms with Crippen LogP contribution in [-0.4, -0.2) is 73.1 Å². The lowest BCUT2D eigenvalue weighted by atomic mass is 10.2. The number of aliphatic hydroxyl groups is 2. The molecule has 0 aromatic heterocycles. The molecule has 2 aliphatic rings. The maximum atomic E-state index is 9.60. The molecule has 2 rings (SSSR count). The number of rotatable bonds is 10. The van der Waals surface area contributed by atoms with Crippen molar-refractivity contribution in [2.45, 2.75) is 44.8 Å². The van der Waals surface area contributed by atoms with Gasteiger partial charge in [-0.25, -0.2) is 4.79 Å². The first-order valence-electron chi connectivity index (χ1n) is 7.92. The maximum absolute atomic E-state index is 9.60. The summed E-state index contributed by atoms with van der Waals surface area (Å²) in [4.78, 5) is 9.60. The monoisotopic (exact) mass is 334 g/mol. The first-order valence-corrected chi connectivity index (χ1v) is 7.92. The van der Waals surface area contributed by atoms with Gasteiger partial charge in [0.2, 0.25) is 0 Å². The number of unbranched alkanes of at least 4 members (excludes halogenated alkanes) is 3. The van der Waals surface area contributed by atoms with Crippen molar-refractivity contribution in [1.82, 2.24) is 0 Å². The second-order valence-corrected chi connectivity index (χ2v) is 5.40. The number of carboxylic acid groups (broad SMARTS) is 1. The molecule has 2 atom stereocenters. The maximum Gasteiger partial charge on any atom is 0.330 e. The fraction of sp³-hybridized carbons (Fsp3) is 0.812. The number of carboxylic acids is 1. The molecule has 2 heterocycles. The van der Waals surface area contributed by atoms with Crippen LogP contribution in [0.3, 0.4) is 0 Å². The lowest BCUT2D eigenvalue weighted by Gasteiger charge is -1.95. The first kappa shape index (κ1) is 22.0. The van der Waals surface area contributed by atoms with Crippen molar-refractivity contribution < 1.29 is 34.3 Å². The molecule has 2 fully saturated rings. The quantitative estimate of drug-likeness (QED) is 0.310. The molecule has 0 aromatic rings. The molecular formula is C16H30O7. The van der Waals surface area contributed by atoms with E-state index in [1.165, 1.54) is 6.92 Å². The molecule has 7 nitrogen and oxygen atoms in total. The molecule has 2 aliphatic heterocycles. The summed E-state index contributed by atoms with van der Waals surface area (Å²) in [7, 11) is 0. The van der Waals surface area contributed by atoms with Gasteiger partial charge in [-0.15, -0.1) is 0 Å². The van der Waals surface area contributed by atoms with E-state index < -0.39 is 5.97 Å². The SMILES string of the molecule is C(OCC1CO1)C1CO1.C=C(C)C(=O)O.OCCCCCCO. The largest absolute Gasteiger partial charge is 0.478 e. The molecule has 0 bridgehead atoms. The highest BCUT2D eigenvalue weighted by Gasteiger charge is 2.26. The Hall–Kier alpha value is -0.990. The van der Waals surface area contributed by atoms with Crippen LogP contribution in [0, 0.1) is 0 Å². The van der Waals surface area contributed by atoms with Gasteiger partial charge in [0.25, 0.3) is 0 Å². The Morgan fingerprint density at radius 1 is 1.04 bits per heavy atom. The van der Waals surface area contributed by atoms with E-state index in [1.807, 2.05) is 0 Å². The predicted molar refractivity (Wildman–Crippen MR) is 85.4 cm³/mol. The first-order chi connectivity index (χ1) is 11.0. The molecule has 0 aliphatic carbocycles. The highest BCUT2D eigenvalue weighted by atomic mass is 16.6. The highest BCUT2D eigenvalue weighted by molar-refractivity contribution is 5.84. The second kappa shape index (κ2) is 14.6. The summed E-state index contributed by atoms with van der Waals surface area (Å²) in [5.74, 6) is -0.935. The van der Waals surface area contributed by atoms with Gasteiger partial charge in [-0.2, -0.15) is 0 Å². The predicted octanol–water partition coefficient (Wildman–Crippen LogP) is 0.979. The van der Waals surface area contributed by atoms with E-state index in [9.17, 15) is 4.79 Å². The smallest absolute Gasteiger partial charge is 0.330 e. The minimum atomic E-state index is -0.935. The van der Waals surface area contributed by atoms with E-state index in [0.717, 1.165) is 52.1 Å². The average Bonchev–Trinajstić information content (AvgIpc) is 3.40. The van der Waals surface area contributed by atoms with Crippen LogP contribution in [0.5, 0.6) is 0 Å². The molecule has 2 unspecified atom stereocenters. The molecule has 2 saturated heterocycles. The van der Waals surface area contributed by atoms with Gasteiger partial charge in [0.05, 0.1) is 26.4 Å². The average molecular weight is 334 g/mol. The molecule has 136 valence electrons. The van der Waals surface area contributed by atoms with Crippen LogP contribution >= 0.6 is 0 Å². The van der Waals surface area contributed by atoms with Crippen LogP contribution < -0.4 is 0 Å². The normalized spacial score (nSPS) is 20.5. The van der Waals surface area contributed by atoms with Crippen molar-refractivity contribution in [2.24, 2.45) is 0 Å². The minimum Gasteiger partial charge on any atom is -0.478 e. The summed E-state index contributed by atoms with van der Waals surface area (Å²) in [5, 5.41) is 24.5. The standard InChI is InChI=1S/C6H10O3.C6H14O2.C4H6O2/c1(5-3-8-5)7-2-6-4-9-6;7-5-3-1-2-4-6-8;1-3(2)4(5)6/h5-6H,1-4H2;7-8H,1-6H2;1H2,2H3,(H,5,6). The van der Waals surface area contributed by atoms with E-state index in [2.05, 4.69) is 6.58 Å². The third kappa shape index (κ3) is 19.0. The Labute approximate surface area is 137 Å². The molecule has 7 heteroatoms. The lowest BCUT2D eigenvalue weighted by Crippen LogP contribution is -2.06. The van der Waals surface area contributed by atoms with E-state index in [0.29, 0.717) is 12.2 Å². The van der Waals surface area contributed by atoms with Crippen molar-refractivity contribution in [3.63, 3.8) is 0 Å². The lowest BCUT2D eigenvalue weighted by molar-refractivity contribution is -0.132. The summed E-state index contributed by atoms with van der Waals surface area (Å²) in [6.07, 6.45) is 4.61. The number of epoxide rings is 2. The van der Waals surface area contributed by atoms with Gasteiger partial charge in [0.15, 0.2) is 0 Å². The fourth-order valence-corrected chi connectivity index (χ4v) is 1.24. The topological polar surface area (TPSA) is 112 Å². The third-order valence-corrected chi connectivity index (χ3v) is 2.84. The van der Waals surface area contributed by atoms with Gasteiger partial charge in [-0.1, -0.05) is 19.4 Å². The Morgan fingerprint density at radius 3 is 1.61 bits per heavy atom. The molecule has 0 spiro atoms. The van der Waals surface area contributed by atoms with Crippen molar-refractivity contribution in [2.75, 3.05) is 39.6 Å². The Balaban J connectivity index is 0.000000325. The molecule has 3 N–H and O–H groups in total. The molecule has 0 amide bonds. The van der Waals surface area contributed by atoms with Gasteiger partial charge in [-0.05, 0) is 19.8 Å². The van der Waals surface area contributed by atoms with Gasteiger partial charge < -0.3 is 29.5 Å². The Bertz CT molecular complexity index is 282. The molecule has 0 saturated carbocycles. The van der Waals surface area contributed by atoms with Gasteiger partial charge in [0.1, 0.15) is 12.2 Å². The zero-order valence-electron chi connectivity index (χ0n) is 13.9. The molecular weight excluding hydrogens is 304 g/mol. The van der Waals surface area contributed by atoms with Gasteiger partial charge in [-0.3, -0.25) is 0 Å². The van der Waals surface area contributed by atoms with Crippen LogP contribution in [-0.2, 0) is 19.0 Å². The summed E-state index contributed by atoms with van der Waals surface area (Å²) >= 11 is 0. The number of hydrogen-bond donors (Lipinski definition) is 3. The van der Waals surface area contributed by atoms with E-state index >= 15 is 0 Å². The number of ether oxygens (including phenoxy) is 3. The van der Waals surface area contributed by atoms with Crippen LogP contribution in [0.2, 0.25) is 0 Å². The number of hydrogen-bond acceptors (Lipinski definition) is 6. The fourth-order valence-electron chi connectivity index (χ4n) is 1.24. The number of carbonyl (C=O) groups is 1. The summed E-state index contributed by atoms with van der Waals surface area (Å²) in [5.41, 5.74) is 0.176. The van der Waals surface area contributed by atoms with E-state index in [1.54, 1.807) is 0 Å². The van der Waals surface area contributed by atoms with Crippen LogP contribution in [0.4, 0.5) is 0 Å². The van der Waals surface area contributed by atoms with Crippen molar-refractivity contribution in [1.29, 1.82) is 0 Å². The van der Waals surface area contributed by atoms with Crippen LogP contribution in [0.25, 0.3) is 0 Å². The zero-order valence-corrected chi connectivity index (χ0v) is 13.9. The minimum absolute atomic E-state index is 0.176. The van der Waals surface area contributed by atoms with E-state index in [4.69, 9.17) is 29.5 Å². The van der Waals surface area contributed by atoms with Crippen LogP contribution in [0.1, 0.15) is 32.6 Å². The molecule has 23 heavy (non-hydrogen) atoms. The summed E-state index contributed by atoms with van der Waals surface area (Å²) in [6, 6.07) is 0. The summed E-state index contributed by atoms with van der Waals surface area (Å²) in [6.45, 7) is 8.43. The Morgan fingerprint density at radius 2 is 1.39 bits per heavy atom. The van der Waals surface area contributed by atoms with Crippen LogP contribution in [0.15, 0.2) is 12.2 Å². The van der Waals surface area contributed by atoms with Crippen molar-refractivity contribution in [3.05, 3.63) is 12.2 Å². The third-order valence-electron chi connectivity index (χ3n) is 2.84. The van der Waals surface area contributed by atoms with E-state index in [-0.39, 0.29) is 18.8 Å². The van der Waals surface area contributed by atoms with Crippen molar-refractivity contribution >= 4 is 5.97 Å². The number of aliphatic hydroxyl groups excluding tert-OH is 2. The Kier molecular flexibility index (Phi) is 14.0. The number of aliphatic carboxylic acids is 1. The molecule has 0 aromatic carbocycles. The highest BCUT2D eigenvalue weighted by Crippen LogP contribution is 2.12. The van der Waals surface area contributed by atoms with Gasteiger partial charge >= 0.3 is 5.97 Å². The van der Waals surface area contributed by atoms with Gasteiger partial charge in [0, 0.05) is 18.8 Å². The van der Waals surface area contributed by atoms with Crippen molar-refractivity contribution in [3.8, 4) is 0 Å². The zero-order chi connectivity index (χ0) is 17.5. The molecule has 0 radical (unpaired) electrons.